The van der Waals surface area contributed by atoms with Crippen molar-refractivity contribution in [2.24, 2.45) is 0 Å². The molecule has 0 bridgehead atoms. The highest BCUT2D eigenvalue weighted by atomic mass is 16.4. The van der Waals surface area contributed by atoms with Gasteiger partial charge in [0, 0.05) is 32.6 Å². The molecule has 1 aliphatic heterocycles. The van der Waals surface area contributed by atoms with Crippen LogP contribution in [0.4, 0.5) is 0 Å². The second-order valence-electron chi connectivity index (χ2n) is 3.41. The summed E-state index contributed by atoms with van der Waals surface area (Å²) in [6.07, 6.45) is 1.28. The van der Waals surface area contributed by atoms with Crippen LogP contribution in [0.15, 0.2) is 0 Å². The van der Waals surface area contributed by atoms with Crippen molar-refractivity contribution in [1.82, 2.24) is 16.4 Å². The fourth-order valence-corrected chi connectivity index (χ4v) is 1.62. The molecule has 0 spiro atoms. The van der Waals surface area contributed by atoms with E-state index in [1.807, 2.05) is 0 Å². The standard InChI is InChI=1S/C8H18N2.C2H4O2.H3N/c1-3-8-7-9-5-6-10(8)4-2;1-2(3)4;/h8-9H,3-7H2,1-2H3;1H3,(H,3,4);1H3. The molecule has 0 amide bonds. The highest BCUT2D eigenvalue weighted by molar-refractivity contribution is 5.62. The zero-order valence-corrected chi connectivity index (χ0v) is 10.1. The number of nitrogens with zero attached hydrogens (tertiary/aromatic N) is 1. The molecule has 0 saturated carbocycles. The van der Waals surface area contributed by atoms with Gasteiger partial charge in [0.1, 0.15) is 0 Å². The lowest BCUT2D eigenvalue weighted by molar-refractivity contribution is -0.134. The van der Waals surface area contributed by atoms with E-state index in [0.29, 0.717) is 0 Å². The number of piperazine rings is 1. The van der Waals surface area contributed by atoms with E-state index in [4.69, 9.17) is 9.90 Å². The summed E-state index contributed by atoms with van der Waals surface area (Å²) in [5.41, 5.74) is 0. The Bertz CT molecular complexity index is 149. The molecule has 1 fully saturated rings. The van der Waals surface area contributed by atoms with Crippen LogP contribution >= 0.6 is 0 Å². The average molecular weight is 219 g/mol. The van der Waals surface area contributed by atoms with Gasteiger partial charge in [0.2, 0.25) is 0 Å². The van der Waals surface area contributed by atoms with Crippen LogP contribution in [-0.2, 0) is 4.79 Å². The Hall–Kier alpha value is -0.650. The van der Waals surface area contributed by atoms with Gasteiger partial charge in [-0.3, -0.25) is 9.69 Å². The van der Waals surface area contributed by atoms with Gasteiger partial charge in [0.15, 0.2) is 0 Å². The summed E-state index contributed by atoms with van der Waals surface area (Å²) >= 11 is 0. The summed E-state index contributed by atoms with van der Waals surface area (Å²) < 4.78 is 0. The molecular formula is C10H25N3O2. The van der Waals surface area contributed by atoms with Crippen LogP contribution in [0.5, 0.6) is 0 Å². The summed E-state index contributed by atoms with van der Waals surface area (Å²) in [5, 5.41) is 10.8. The first kappa shape index (κ1) is 16.8. The molecule has 1 rings (SSSR count). The molecule has 5 heteroatoms. The van der Waals surface area contributed by atoms with Gasteiger partial charge in [-0.15, -0.1) is 0 Å². The van der Waals surface area contributed by atoms with Crippen molar-refractivity contribution in [3.05, 3.63) is 0 Å². The second kappa shape index (κ2) is 9.89. The molecule has 0 aliphatic carbocycles. The first-order valence-electron chi connectivity index (χ1n) is 5.26. The number of carboxylic acids is 1. The third-order valence-corrected chi connectivity index (χ3v) is 2.35. The summed E-state index contributed by atoms with van der Waals surface area (Å²) in [5.74, 6) is -0.833. The van der Waals surface area contributed by atoms with Crippen LogP contribution in [0.1, 0.15) is 27.2 Å². The van der Waals surface area contributed by atoms with Crippen molar-refractivity contribution in [1.29, 1.82) is 0 Å². The molecule has 15 heavy (non-hydrogen) atoms. The largest absolute Gasteiger partial charge is 0.481 e. The van der Waals surface area contributed by atoms with E-state index in [9.17, 15) is 0 Å². The van der Waals surface area contributed by atoms with Crippen LogP contribution in [0.2, 0.25) is 0 Å². The van der Waals surface area contributed by atoms with Crippen molar-refractivity contribution >= 4 is 5.97 Å². The SMILES string of the molecule is CC(=O)O.CCC1CNCCN1CC.N. The molecule has 5 nitrogen and oxygen atoms in total. The van der Waals surface area contributed by atoms with Gasteiger partial charge >= 0.3 is 0 Å². The number of carbonyl (C=O) groups is 1. The first-order valence-corrected chi connectivity index (χ1v) is 5.26. The topological polar surface area (TPSA) is 87.6 Å². The van der Waals surface area contributed by atoms with Crippen molar-refractivity contribution < 1.29 is 9.90 Å². The van der Waals surface area contributed by atoms with Gasteiger partial charge in [-0.05, 0) is 13.0 Å². The van der Waals surface area contributed by atoms with Gasteiger partial charge in [-0.1, -0.05) is 13.8 Å². The number of nitrogens with one attached hydrogen (secondary N) is 1. The lowest BCUT2D eigenvalue weighted by Gasteiger charge is -2.34. The van der Waals surface area contributed by atoms with Crippen LogP contribution in [-0.4, -0.2) is 48.2 Å². The summed E-state index contributed by atoms with van der Waals surface area (Å²) in [6.45, 7) is 10.4. The van der Waals surface area contributed by atoms with Crippen molar-refractivity contribution in [2.45, 2.75) is 33.2 Å². The van der Waals surface area contributed by atoms with Gasteiger partial charge in [-0.25, -0.2) is 0 Å². The molecule has 92 valence electrons. The van der Waals surface area contributed by atoms with Crippen molar-refractivity contribution in [3.8, 4) is 0 Å². The molecule has 0 aromatic rings. The van der Waals surface area contributed by atoms with Gasteiger partial charge in [0.25, 0.3) is 5.97 Å². The fraction of sp³-hybridized carbons (Fsp3) is 0.900. The third-order valence-electron chi connectivity index (χ3n) is 2.35. The van der Waals surface area contributed by atoms with Crippen molar-refractivity contribution in [2.75, 3.05) is 26.2 Å². The minimum Gasteiger partial charge on any atom is -0.481 e. The Kier molecular flexibility index (Phi) is 11.1. The van der Waals surface area contributed by atoms with Crippen molar-refractivity contribution in [3.63, 3.8) is 0 Å². The Labute approximate surface area is 92.4 Å². The first-order chi connectivity index (χ1) is 6.61. The quantitative estimate of drug-likeness (QED) is 0.643. The molecule has 1 atom stereocenters. The van der Waals surface area contributed by atoms with E-state index in [1.54, 1.807) is 0 Å². The van der Waals surface area contributed by atoms with Crippen LogP contribution in [0.25, 0.3) is 0 Å². The number of carboxylic acid groups (broad SMARTS) is 1. The Morgan fingerprint density at radius 3 is 2.40 bits per heavy atom. The Morgan fingerprint density at radius 2 is 2.07 bits per heavy atom. The highest BCUT2D eigenvalue weighted by Gasteiger charge is 2.17. The van der Waals surface area contributed by atoms with E-state index >= 15 is 0 Å². The molecule has 0 aromatic carbocycles. The Morgan fingerprint density at radius 1 is 1.53 bits per heavy atom. The maximum Gasteiger partial charge on any atom is 0.300 e. The average Bonchev–Trinajstić information content (AvgIpc) is 2.17. The number of rotatable bonds is 2. The molecule has 0 aromatic heterocycles. The number of likely N-dealkylation sites (N-methyl/N-ethyl adjacent to an activating group) is 1. The molecule has 1 unspecified atom stereocenters. The molecule has 1 heterocycles. The monoisotopic (exact) mass is 219 g/mol. The fourth-order valence-electron chi connectivity index (χ4n) is 1.62. The highest BCUT2D eigenvalue weighted by Crippen LogP contribution is 2.05. The summed E-state index contributed by atoms with van der Waals surface area (Å²) in [4.78, 5) is 11.6. The molecule has 5 N–H and O–H groups in total. The zero-order valence-electron chi connectivity index (χ0n) is 10.1. The maximum atomic E-state index is 9.00. The number of hydrogen-bond acceptors (Lipinski definition) is 4. The van der Waals surface area contributed by atoms with Crippen LogP contribution in [0.3, 0.4) is 0 Å². The lowest BCUT2D eigenvalue weighted by atomic mass is 10.1. The van der Waals surface area contributed by atoms with E-state index in [2.05, 4.69) is 24.1 Å². The lowest BCUT2D eigenvalue weighted by Crippen LogP contribution is -2.50. The summed E-state index contributed by atoms with van der Waals surface area (Å²) in [6, 6.07) is 0.791. The smallest absolute Gasteiger partial charge is 0.300 e. The summed E-state index contributed by atoms with van der Waals surface area (Å²) in [7, 11) is 0. The molecule has 1 aliphatic rings. The maximum absolute atomic E-state index is 9.00. The van der Waals surface area contributed by atoms with E-state index < -0.39 is 5.97 Å². The van der Waals surface area contributed by atoms with Crippen LogP contribution < -0.4 is 11.5 Å². The molecule has 0 radical (unpaired) electrons. The zero-order chi connectivity index (χ0) is 11.0. The third kappa shape index (κ3) is 8.35. The number of hydrogen-bond donors (Lipinski definition) is 3. The Balaban J connectivity index is 0. The number of aliphatic carboxylic acids is 1. The molecule has 1 saturated heterocycles. The predicted octanol–water partition coefficient (Wildman–Crippen LogP) is 0.943. The minimum atomic E-state index is -0.833. The van der Waals surface area contributed by atoms with Gasteiger partial charge < -0.3 is 16.6 Å². The predicted molar refractivity (Wildman–Crippen MR) is 62.5 cm³/mol. The van der Waals surface area contributed by atoms with Gasteiger partial charge in [0.05, 0.1) is 0 Å². The van der Waals surface area contributed by atoms with E-state index in [1.165, 1.54) is 32.6 Å². The second-order valence-corrected chi connectivity index (χ2v) is 3.41. The molecular weight excluding hydrogens is 194 g/mol. The van der Waals surface area contributed by atoms with Gasteiger partial charge in [-0.2, -0.15) is 0 Å². The van der Waals surface area contributed by atoms with Crippen LogP contribution in [0, 0.1) is 0 Å². The van der Waals surface area contributed by atoms with E-state index in [0.717, 1.165) is 13.0 Å². The van der Waals surface area contributed by atoms with E-state index in [-0.39, 0.29) is 6.15 Å². The normalized spacial score (nSPS) is 20.9. The minimum absolute atomic E-state index is 0.